The van der Waals surface area contributed by atoms with Gasteiger partial charge in [-0.1, -0.05) is 18.2 Å². The van der Waals surface area contributed by atoms with Crippen LogP contribution in [0.1, 0.15) is 26.4 Å². The summed E-state index contributed by atoms with van der Waals surface area (Å²) in [6.45, 7) is 1.80. The number of carbonyl (C=O) groups is 2. The van der Waals surface area contributed by atoms with Gasteiger partial charge in [-0.3, -0.25) is 19.8 Å². The quantitative estimate of drug-likeness (QED) is 0.364. The average Bonchev–Trinajstić information content (AvgIpc) is 3.13. The number of benzene rings is 2. The number of thiazole rings is 1. The topological polar surface area (TPSA) is 103 Å². The number of para-hydroxylation sites is 1. The van der Waals surface area contributed by atoms with Crippen LogP contribution in [0.4, 0.5) is 16.5 Å². The van der Waals surface area contributed by atoms with Gasteiger partial charge in [0.15, 0.2) is 5.13 Å². The van der Waals surface area contributed by atoms with E-state index in [2.05, 4.69) is 9.72 Å². The smallest absolute Gasteiger partial charge is 0.338 e. The molecule has 0 aliphatic rings. The number of amides is 1. The molecule has 3 aromatic rings. The lowest BCUT2D eigenvalue weighted by Gasteiger charge is -2.20. The molecule has 0 saturated carbocycles. The molecule has 9 heteroatoms. The van der Waals surface area contributed by atoms with Crippen molar-refractivity contribution in [2.45, 2.75) is 6.92 Å². The molecule has 0 fully saturated rings. The van der Waals surface area contributed by atoms with E-state index in [9.17, 15) is 19.7 Å². The average molecular weight is 397 g/mol. The second-order valence-electron chi connectivity index (χ2n) is 5.76. The van der Waals surface area contributed by atoms with E-state index >= 15 is 0 Å². The van der Waals surface area contributed by atoms with Crippen molar-refractivity contribution in [2.24, 2.45) is 0 Å². The van der Waals surface area contributed by atoms with E-state index in [-0.39, 0.29) is 16.8 Å². The summed E-state index contributed by atoms with van der Waals surface area (Å²) < 4.78 is 4.64. The number of nitrogens with zero attached hydrogens (tertiary/aromatic N) is 3. The number of hydrogen-bond donors (Lipinski definition) is 0. The van der Waals surface area contributed by atoms with Gasteiger partial charge in [0.05, 0.1) is 29.0 Å². The van der Waals surface area contributed by atoms with Gasteiger partial charge in [-0.05, 0) is 25.1 Å². The standard InChI is InChI=1S/C19H15N3O5S/c1-12-11-28-19(20-12)21(15-6-4-3-5-7-15)17(23)13-8-14(18(24)27-2)10-16(9-13)22(25)26/h3-11H,1-2H3. The van der Waals surface area contributed by atoms with Crippen LogP contribution in [0.15, 0.2) is 53.9 Å². The lowest BCUT2D eigenvalue weighted by Crippen LogP contribution is -2.26. The van der Waals surface area contributed by atoms with Crippen LogP contribution in [0.2, 0.25) is 0 Å². The van der Waals surface area contributed by atoms with E-state index in [4.69, 9.17) is 0 Å². The first-order chi connectivity index (χ1) is 13.4. The number of aromatic nitrogens is 1. The molecule has 0 saturated heterocycles. The largest absolute Gasteiger partial charge is 0.465 e. The minimum Gasteiger partial charge on any atom is -0.465 e. The summed E-state index contributed by atoms with van der Waals surface area (Å²) in [5.74, 6) is -1.32. The first-order valence-corrected chi connectivity index (χ1v) is 8.98. The fourth-order valence-electron chi connectivity index (χ4n) is 2.54. The zero-order valence-electron chi connectivity index (χ0n) is 15.0. The van der Waals surface area contributed by atoms with Gasteiger partial charge in [-0.25, -0.2) is 9.78 Å². The number of carbonyl (C=O) groups excluding carboxylic acids is 2. The van der Waals surface area contributed by atoms with Crippen LogP contribution in [0.25, 0.3) is 0 Å². The summed E-state index contributed by atoms with van der Waals surface area (Å²) in [6, 6.07) is 12.3. The highest BCUT2D eigenvalue weighted by Gasteiger charge is 2.26. The Morgan fingerprint density at radius 3 is 2.39 bits per heavy atom. The molecule has 142 valence electrons. The number of anilines is 2. The number of nitro groups is 1. The predicted octanol–water partition coefficient (Wildman–Crippen LogP) is 4.12. The Hall–Kier alpha value is -3.59. The summed E-state index contributed by atoms with van der Waals surface area (Å²) in [4.78, 5) is 41.5. The molecule has 0 aliphatic carbocycles. The Labute approximate surface area is 164 Å². The number of non-ortho nitro benzene ring substituents is 1. The molecule has 0 aliphatic heterocycles. The number of rotatable bonds is 5. The lowest BCUT2D eigenvalue weighted by atomic mass is 10.1. The number of esters is 1. The predicted molar refractivity (Wildman–Crippen MR) is 104 cm³/mol. The van der Waals surface area contributed by atoms with Crippen LogP contribution in [0.5, 0.6) is 0 Å². The van der Waals surface area contributed by atoms with E-state index in [1.54, 1.807) is 36.6 Å². The van der Waals surface area contributed by atoms with E-state index in [0.29, 0.717) is 10.8 Å². The number of methoxy groups -OCH3 is 1. The fraction of sp³-hybridized carbons (Fsp3) is 0.105. The molecule has 3 rings (SSSR count). The van der Waals surface area contributed by atoms with Crippen molar-refractivity contribution >= 4 is 39.7 Å². The van der Waals surface area contributed by atoms with Crippen molar-refractivity contribution in [3.63, 3.8) is 0 Å². The van der Waals surface area contributed by atoms with Gasteiger partial charge in [-0.15, -0.1) is 11.3 Å². The van der Waals surface area contributed by atoms with E-state index in [1.165, 1.54) is 22.3 Å². The maximum Gasteiger partial charge on any atom is 0.338 e. The third-order valence-corrected chi connectivity index (χ3v) is 4.76. The monoisotopic (exact) mass is 397 g/mol. The van der Waals surface area contributed by atoms with Crippen LogP contribution >= 0.6 is 11.3 Å². The Morgan fingerprint density at radius 1 is 1.14 bits per heavy atom. The molecule has 0 spiro atoms. The molecule has 0 atom stereocenters. The van der Waals surface area contributed by atoms with Crippen molar-refractivity contribution in [1.29, 1.82) is 0 Å². The van der Waals surface area contributed by atoms with Crippen molar-refractivity contribution < 1.29 is 19.2 Å². The molecule has 1 heterocycles. The molecule has 0 N–H and O–H groups in total. The van der Waals surface area contributed by atoms with Gasteiger partial charge in [0.1, 0.15) is 0 Å². The van der Waals surface area contributed by atoms with Crippen molar-refractivity contribution in [2.75, 3.05) is 12.0 Å². The lowest BCUT2D eigenvalue weighted by molar-refractivity contribution is -0.384. The van der Waals surface area contributed by atoms with Crippen molar-refractivity contribution in [3.8, 4) is 0 Å². The van der Waals surface area contributed by atoms with E-state index < -0.39 is 16.8 Å². The van der Waals surface area contributed by atoms with Gasteiger partial charge < -0.3 is 4.74 Å². The van der Waals surface area contributed by atoms with Gasteiger partial charge >= 0.3 is 5.97 Å². The van der Waals surface area contributed by atoms with Crippen molar-refractivity contribution in [1.82, 2.24) is 4.98 Å². The van der Waals surface area contributed by atoms with E-state index in [0.717, 1.165) is 24.9 Å². The SMILES string of the molecule is COC(=O)c1cc(C(=O)N(c2ccccc2)c2nc(C)cs2)cc([N+](=O)[O-])c1. The number of hydrogen-bond acceptors (Lipinski definition) is 7. The van der Waals surface area contributed by atoms with Gasteiger partial charge in [-0.2, -0.15) is 0 Å². The summed E-state index contributed by atoms with van der Waals surface area (Å²) in [6.07, 6.45) is 0. The second kappa shape index (κ2) is 7.97. The molecule has 1 amide bonds. The summed E-state index contributed by atoms with van der Waals surface area (Å²) in [5.41, 5.74) is 0.806. The highest BCUT2D eigenvalue weighted by atomic mass is 32.1. The Balaban J connectivity index is 2.14. The van der Waals surface area contributed by atoms with Gasteiger partial charge in [0.25, 0.3) is 11.6 Å². The molecule has 0 bridgehead atoms. The highest BCUT2D eigenvalue weighted by molar-refractivity contribution is 7.14. The molecule has 28 heavy (non-hydrogen) atoms. The molecular weight excluding hydrogens is 382 g/mol. The summed E-state index contributed by atoms with van der Waals surface area (Å²) in [7, 11) is 1.16. The zero-order chi connectivity index (χ0) is 20.3. The fourth-order valence-corrected chi connectivity index (χ4v) is 3.36. The first-order valence-electron chi connectivity index (χ1n) is 8.10. The van der Waals surface area contributed by atoms with Crippen LogP contribution in [-0.4, -0.2) is 28.9 Å². The molecule has 0 unspecified atom stereocenters. The third-order valence-electron chi connectivity index (χ3n) is 3.81. The maximum atomic E-state index is 13.3. The number of nitro benzene ring substituents is 1. The van der Waals surface area contributed by atoms with Crippen LogP contribution in [-0.2, 0) is 4.74 Å². The van der Waals surface area contributed by atoms with Gasteiger partial charge in [0.2, 0.25) is 0 Å². The Bertz CT molecular complexity index is 1050. The van der Waals surface area contributed by atoms with Crippen LogP contribution in [0.3, 0.4) is 0 Å². The normalized spacial score (nSPS) is 10.4. The van der Waals surface area contributed by atoms with E-state index in [1.807, 2.05) is 6.07 Å². The molecular formula is C19H15N3O5S. The molecule has 2 aromatic carbocycles. The molecule has 1 aromatic heterocycles. The van der Waals surface area contributed by atoms with Crippen molar-refractivity contribution in [3.05, 3.63) is 80.8 Å². The molecule has 0 radical (unpaired) electrons. The highest BCUT2D eigenvalue weighted by Crippen LogP contribution is 2.31. The third kappa shape index (κ3) is 3.89. The first kappa shape index (κ1) is 19.2. The Kier molecular flexibility index (Phi) is 5.46. The second-order valence-corrected chi connectivity index (χ2v) is 6.60. The minimum atomic E-state index is -0.769. The zero-order valence-corrected chi connectivity index (χ0v) is 15.8. The van der Waals surface area contributed by atoms with Crippen LogP contribution in [0, 0.1) is 17.0 Å². The minimum absolute atomic E-state index is 0.0219. The maximum absolute atomic E-state index is 13.3. The van der Waals surface area contributed by atoms with Gasteiger partial charge in [0, 0.05) is 23.1 Å². The van der Waals surface area contributed by atoms with Crippen LogP contribution < -0.4 is 4.90 Å². The summed E-state index contributed by atoms with van der Waals surface area (Å²) in [5, 5.41) is 13.5. The number of ether oxygens (including phenoxy) is 1. The Morgan fingerprint density at radius 2 is 1.82 bits per heavy atom. The number of aryl methyl sites for hydroxylation is 1. The molecule has 8 nitrogen and oxygen atoms in total. The summed E-state index contributed by atoms with van der Waals surface area (Å²) >= 11 is 1.27.